The number of fused-ring (bicyclic) bond motifs is 3. The van der Waals surface area contributed by atoms with Gasteiger partial charge in [-0.2, -0.15) is 4.52 Å². The first kappa shape index (κ1) is 22.3. The molecule has 0 saturated heterocycles. The smallest absolute Gasteiger partial charge is 0.226 e. The number of para-hydroxylation sites is 1. The highest BCUT2D eigenvalue weighted by Crippen LogP contribution is 2.28. The summed E-state index contributed by atoms with van der Waals surface area (Å²) in [7, 11) is 3.48. The number of nitrogens with one attached hydrogen (secondary N) is 1. The van der Waals surface area contributed by atoms with E-state index in [-0.39, 0.29) is 0 Å². The molecule has 2 aromatic carbocycles. The molecule has 0 radical (unpaired) electrons. The quantitative estimate of drug-likeness (QED) is 0.384. The summed E-state index contributed by atoms with van der Waals surface area (Å²) in [5.41, 5.74) is 2.75. The van der Waals surface area contributed by atoms with Gasteiger partial charge in [0.1, 0.15) is 11.3 Å². The normalized spacial score (nSPS) is 11.7. The topological polar surface area (TPSA) is 67.6 Å². The Hall–Kier alpha value is -2.90. The number of halogens is 1. The van der Waals surface area contributed by atoms with Gasteiger partial charge in [0.2, 0.25) is 5.95 Å². The molecule has 0 aliphatic carbocycles. The summed E-state index contributed by atoms with van der Waals surface area (Å²) in [4.78, 5) is 12.0. The van der Waals surface area contributed by atoms with E-state index in [1.165, 1.54) is 5.56 Å². The van der Waals surface area contributed by atoms with Gasteiger partial charge in [0, 0.05) is 24.0 Å². The van der Waals surface area contributed by atoms with Gasteiger partial charge in [-0.25, -0.2) is 9.97 Å². The van der Waals surface area contributed by atoms with Crippen LogP contribution in [0.4, 0.5) is 5.95 Å². The van der Waals surface area contributed by atoms with Crippen molar-refractivity contribution < 1.29 is 4.74 Å². The molecule has 0 aliphatic heterocycles. The minimum Gasteiger partial charge on any atom is -0.494 e. The third-order valence-electron chi connectivity index (χ3n) is 5.46. The van der Waals surface area contributed by atoms with Crippen molar-refractivity contribution >= 4 is 34.1 Å². The molecule has 4 rings (SSSR count). The van der Waals surface area contributed by atoms with Gasteiger partial charge in [-0.1, -0.05) is 43.6 Å². The van der Waals surface area contributed by atoms with E-state index >= 15 is 0 Å². The maximum absolute atomic E-state index is 6.07. The molecule has 7 nitrogen and oxygen atoms in total. The van der Waals surface area contributed by atoms with Crippen molar-refractivity contribution in [2.45, 2.75) is 33.4 Å². The number of anilines is 1. The molecule has 0 fully saturated rings. The first-order chi connectivity index (χ1) is 15.5. The molecule has 0 saturated carbocycles. The van der Waals surface area contributed by atoms with E-state index in [4.69, 9.17) is 31.4 Å². The van der Waals surface area contributed by atoms with Crippen LogP contribution in [0.2, 0.25) is 5.02 Å². The predicted molar refractivity (Wildman–Crippen MR) is 129 cm³/mol. The molecular weight excluding hydrogens is 424 g/mol. The second-order valence-corrected chi connectivity index (χ2v) is 8.76. The number of nitrogens with zero attached hydrogens (tertiary/aromatic N) is 5. The fraction of sp³-hybridized carbons (Fsp3) is 0.375. The molecule has 8 heteroatoms. The van der Waals surface area contributed by atoms with E-state index < -0.39 is 0 Å². The Bertz CT molecular complexity index is 1200. The average molecular weight is 453 g/mol. The van der Waals surface area contributed by atoms with Crippen molar-refractivity contribution in [2.24, 2.45) is 5.92 Å². The summed E-state index contributed by atoms with van der Waals surface area (Å²) >= 11 is 6.07. The Morgan fingerprint density at radius 1 is 1.09 bits per heavy atom. The Kier molecular flexibility index (Phi) is 6.77. The van der Waals surface area contributed by atoms with E-state index in [2.05, 4.69) is 36.2 Å². The standard InChI is InChI=1S/C24H29ClN6O/c1-16(2)12-13-30(14-17-8-10-18(25)11-9-17)15-21-27-23-19-6-5-7-20(32-4)22(19)28-24(26-3)31(23)29-21/h5-11,16H,12-15H2,1-4H3,(H,26,28). The van der Waals surface area contributed by atoms with Crippen LogP contribution < -0.4 is 10.1 Å². The highest BCUT2D eigenvalue weighted by atomic mass is 35.5. The molecule has 4 aromatic rings. The summed E-state index contributed by atoms with van der Waals surface area (Å²) in [5, 5.41) is 9.58. The Morgan fingerprint density at radius 3 is 2.56 bits per heavy atom. The van der Waals surface area contributed by atoms with Crippen molar-refractivity contribution in [2.75, 3.05) is 26.0 Å². The van der Waals surface area contributed by atoms with Crippen LogP contribution in [0.5, 0.6) is 5.75 Å². The zero-order valence-electron chi connectivity index (χ0n) is 19.0. The zero-order valence-corrected chi connectivity index (χ0v) is 19.7. The Labute approximate surface area is 193 Å². The monoisotopic (exact) mass is 452 g/mol. The lowest BCUT2D eigenvalue weighted by atomic mass is 10.1. The lowest BCUT2D eigenvalue weighted by Gasteiger charge is -2.22. The third-order valence-corrected chi connectivity index (χ3v) is 5.71. The van der Waals surface area contributed by atoms with Crippen molar-refractivity contribution in [1.29, 1.82) is 0 Å². The third kappa shape index (κ3) is 4.79. The van der Waals surface area contributed by atoms with Gasteiger partial charge >= 0.3 is 0 Å². The van der Waals surface area contributed by atoms with E-state index in [0.29, 0.717) is 24.2 Å². The SMILES string of the molecule is CNc1nc2c(OC)cccc2c2nc(CN(CCC(C)C)Cc3ccc(Cl)cc3)nn12. The van der Waals surface area contributed by atoms with Crippen molar-refractivity contribution in [1.82, 2.24) is 24.5 Å². The summed E-state index contributed by atoms with van der Waals surface area (Å²) in [6, 6.07) is 13.9. The molecule has 0 aliphatic rings. The number of methoxy groups -OCH3 is 1. The van der Waals surface area contributed by atoms with E-state index in [1.807, 2.05) is 37.4 Å². The minimum atomic E-state index is 0.619. The maximum Gasteiger partial charge on any atom is 0.226 e. The van der Waals surface area contributed by atoms with Crippen LogP contribution >= 0.6 is 11.6 Å². The molecule has 0 spiro atoms. The van der Waals surface area contributed by atoms with Gasteiger partial charge in [-0.05, 0) is 48.7 Å². The minimum absolute atomic E-state index is 0.619. The van der Waals surface area contributed by atoms with E-state index in [1.54, 1.807) is 11.6 Å². The fourth-order valence-electron chi connectivity index (χ4n) is 3.74. The Morgan fingerprint density at radius 2 is 1.88 bits per heavy atom. The molecule has 1 N–H and O–H groups in total. The molecule has 0 atom stereocenters. The van der Waals surface area contributed by atoms with Crippen LogP contribution in [-0.4, -0.2) is 45.2 Å². The number of ether oxygens (including phenoxy) is 1. The highest BCUT2D eigenvalue weighted by molar-refractivity contribution is 6.30. The number of hydrogen-bond donors (Lipinski definition) is 1. The molecule has 0 unspecified atom stereocenters. The van der Waals surface area contributed by atoms with Crippen LogP contribution in [-0.2, 0) is 13.1 Å². The molecule has 2 heterocycles. The van der Waals surface area contributed by atoms with Crippen LogP contribution in [0.1, 0.15) is 31.7 Å². The number of benzene rings is 2. The lowest BCUT2D eigenvalue weighted by Crippen LogP contribution is -2.25. The molecule has 168 valence electrons. The van der Waals surface area contributed by atoms with Crippen molar-refractivity contribution in [3.63, 3.8) is 0 Å². The first-order valence-electron chi connectivity index (χ1n) is 10.9. The van der Waals surface area contributed by atoms with Gasteiger partial charge < -0.3 is 10.1 Å². The van der Waals surface area contributed by atoms with E-state index in [9.17, 15) is 0 Å². The molecule has 0 bridgehead atoms. The van der Waals surface area contributed by atoms with Gasteiger partial charge in [0.15, 0.2) is 11.5 Å². The predicted octanol–water partition coefficient (Wildman–Crippen LogP) is 5.03. The maximum atomic E-state index is 6.07. The second-order valence-electron chi connectivity index (χ2n) is 8.32. The molecule has 32 heavy (non-hydrogen) atoms. The zero-order chi connectivity index (χ0) is 22.7. The van der Waals surface area contributed by atoms with Crippen LogP contribution in [0, 0.1) is 5.92 Å². The summed E-state index contributed by atoms with van der Waals surface area (Å²) in [6.07, 6.45) is 1.10. The van der Waals surface area contributed by atoms with Crippen molar-refractivity contribution in [3.8, 4) is 5.75 Å². The van der Waals surface area contributed by atoms with Gasteiger partial charge in [-0.15, -0.1) is 5.10 Å². The number of aromatic nitrogens is 4. The van der Waals surface area contributed by atoms with Crippen LogP contribution in [0.25, 0.3) is 16.6 Å². The number of rotatable bonds is 9. The van der Waals surface area contributed by atoms with Crippen molar-refractivity contribution in [3.05, 3.63) is 58.9 Å². The lowest BCUT2D eigenvalue weighted by molar-refractivity contribution is 0.235. The fourth-order valence-corrected chi connectivity index (χ4v) is 3.87. The Balaban J connectivity index is 1.69. The molecule has 2 aromatic heterocycles. The average Bonchev–Trinajstić information content (AvgIpc) is 3.21. The summed E-state index contributed by atoms with van der Waals surface area (Å²) < 4.78 is 7.29. The van der Waals surface area contributed by atoms with Gasteiger partial charge in [0.25, 0.3) is 0 Å². The summed E-state index contributed by atoms with van der Waals surface area (Å²) in [5.74, 6) is 2.72. The highest BCUT2D eigenvalue weighted by Gasteiger charge is 2.17. The molecular formula is C24H29ClN6O. The first-order valence-corrected chi connectivity index (χ1v) is 11.2. The second kappa shape index (κ2) is 9.71. The van der Waals surface area contributed by atoms with Gasteiger partial charge in [0.05, 0.1) is 13.7 Å². The largest absolute Gasteiger partial charge is 0.494 e. The number of hydrogen-bond acceptors (Lipinski definition) is 6. The van der Waals surface area contributed by atoms with Crippen LogP contribution in [0.15, 0.2) is 42.5 Å². The van der Waals surface area contributed by atoms with E-state index in [0.717, 1.165) is 46.9 Å². The summed E-state index contributed by atoms with van der Waals surface area (Å²) in [6.45, 7) is 6.90. The van der Waals surface area contributed by atoms with Gasteiger partial charge in [-0.3, -0.25) is 4.90 Å². The van der Waals surface area contributed by atoms with Crippen LogP contribution in [0.3, 0.4) is 0 Å². The molecule has 0 amide bonds.